The highest BCUT2D eigenvalue weighted by Gasteiger charge is 2.26. The number of hydrogen-bond acceptors (Lipinski definition) is 4. The van der Waals surface area contributed by atoms with Gasteiger partial charge < -0.3 is 10.1 Å². The number of non-ortho nitro benzene ring substituents is 1. The highest BCUT2D eigenvalue weighted by atomic mass is 16.6. The maximum atomic E-state index is 10.9. The summed E-state index contributed by atoms with van der Waals surface area (Å²) >= 11 is 0. The maximum Gasteiger partial charge on any atom is 0.273 e. The van der Waals surface area contributed by atoms with Crippen molar-refractivity contribution in [3.05, 3.63) is 33.9 Å². The molecule has 0 aromatic heterocycles. The van der Waals surface area contributed by atoms with Gasteiger partial charge in [-0.3, -0.25) is 10.1 Å². The van der Waals surface area contributed by atoms with E-state index in [2.05, 4.69) is 12.2 Å². The van der Waals surface area contributed by atoms with Gasteiger partial charge in [0.25, 0.3) is 5.69 Å². The maximum absolute atomic E-state index is 10.9. The van der Waals surface area contributed by atoms with Crippen molar-refractivity contribution < 1.29 is 9.66 Å². The first-order valence-corrected chi connectivity index (χ1v) is 7.55. The molecule has 2 rings (SSSR count). The Labute approximate surface area is 125 Å². The van der Waals surface area contributed by atoms with Gasteiger partial charge >= 0.3 is 0 Å². The second kappa shape index (κ2) is 6.89. The van der Waals surface area contributed by atoms with Crippen molar-refractivity contribution in [1.82, 2.24) is 5.32 Å². The molecular weight excluding hydrogens is 268 g/mol. The molecule has 5 heteroatoms. The molecule has 0 radical (unpaired) electrons. The van der Waals surface area contributed by atoms with Crippen LogP contribution in [0.5, 0.6) is 5.75 Å². The van der Waals surface area contributed by atoms with Crippen LogP contribution in [0.2, 0.25) is 0 Å². The molecule has 0 atom stereocenters. The van der Waals surface area contributed by atoms with Crippen LogP contribution in [0, 0.1) is 15.5 Å². The Morgan fingerprint density at radius 2 is 2.00 bits per heavy atom. The van der Waals surface area contributed by atoms with Gasteiger partial charge in [0.1, 0.15) is 5.75 Å². The van der Waals surface area contributed by atoms with Crippen LogP contribution in [0.1, 0.15) is 44.6 Å². The van der Waals surface area contributed by atoms with Gasteiger partial charge in [-0.1, -0.05) is 26.2 Å². The quantitative estimate of drug-likeness (QED) is 0.642. The van der Waals surface area contributed by atoms with E-state index in [0.717, 1.165) is 12.1 Å². The molecule has 5 nitrogen and oxygen atoms in total. The van der Waals surface area contributed by atoms with Gasteiger partial charge in [0, 0.05) is 19.2 Å². The van der Waals surface area contributed by atoms with Gasteiger partial charge in [-0.15, -0.1) is 0 Å². The van der Waals surface area contributed by atoms with Crippen LogP contribution in [-0.2, 0) is 6.54 Å². The van der Waals surface area contributed by atoms with Crippen molar-refractivity contribution >= 4 is 5.69 Å². The average Bonchev–Trinajstić information content (AvgIpc) is 2.47. The van der Waals surface area contributed by atoms with Gasteiger partial charge in [-0.2, -0.15) is 0 Å². The van der Waals surface area contributed by atoms with Crippen LogP contribution < -0.4 is 10.1 Å². The minimum Gasteiger partial charge on any atom is -0.496 e. The molecule has 0 spiro atoms. The molecule has 1 fully saturated rings. The van der Waals surface area contributed by atoms with Gasteiger partial charge in [-0.05, 0) is 29.9 Å². The smallest absolute Gasteiger partial charge is 0.273 e. The molecule has 1 aliphatic carbocycles. The summed E-state index contributed by atoms with van der Waals surface area (Å²) in [4.78, 5) is 10.5. The van der Waals surface area contributed by atoms with E-state index in [-0.39, 0.29) is 10.6 Å². The predicted octanol–water partition coefficient (Wildman–Crippen LogP) is 3.66. The number of benzene rings is 1. The third-order valence-electron chi connectivity index (χ3n) is 4.34. The van der Waals surface area contributed by atoms with Crippen LogP contribution in [0.25, 0.3) is 0 Å². The molecule has 0 bridgehead atoms. The van der Waals surface area contributed by atoms with Crippen molar-refractivity contribution in [3.8, 4) is 5.75 Å². The van der Waals surface area contributed by atoms with Crippen molar-refractivity contribution in [2.24, 2.45) is 5.41 Å². The third-order valence-corrected chi connectivity index (χ3v) is 4.34. The van der Waals surface area contributed by atoms with Crippen LogP contribution in [-0.4, -0.2) is 18.6 Å². The molecule has 1 N–H and O–H groups in total. The Kier molecular flexibility index (Phi) is 5.17. The van der Waals surface area contributed by atoms with E-state index in [1.54, 1.807) is 6.07 Å². The third kappa shape index (κ3) is 4.43. The van der Waals surface area contributed by atoms with Crippen LogP contribution >= 0.6 is 0 Å². The summed E-state index contributed by atoms with van der Waals surface area (Å²) in [6.45, 7) is 3.92. The topological polar surface area (TPSA) is 64.4 Å². The summed E-state index contributed by atoms with van der Waals surface area (Å²) in [6.07, 6.45) is 6.49. The summed E-state index contributed by atoms with van der Waals surface area (Å²) in [7, 11) is 1.53. The monoisotopic (exact) mass is 292 g/mol. The molecule has 21 heavy (non-hydrogen) atoms. The van der Waals surface area contributed by atoms with E-state index in [1.165, 1.54) is 45.3 Å². The summed E-state index contributed by atoms with van der Waals surface area (Å²) in [6, 6.07) is 4.91. The summed E-state index contributed by atoms with van der Waals surface area (Å²) in [5.74, 6) is 0.532. The molecule has 1 saturated carbocycles. The Balaban J connectivity index is 1.96. The van der Waals surface area contributed by atoms with E-state index < -0.39 is 0 Å². The first-order chi connectivity index (χ1) is 10.0. The van der Waals surface area contributed by atoms with E-state index in [4.69, 9.17) is 4.74 Å². The molecular formula is C16H24N2O3. The SMILES string of the molecule is COc1cc(CNCC2(C)CCCCC2)cc([N+](=O)[O-])c1. The Morgan fingerprint density at radius 3 is 2.62 bits per heavy atom. The number of methoxy groups -OCH3 is 1. The highest BCUT2D eigenvalue weighted by Crippen LogP contribution is 2.35. The fourth-order valence-corrected chi connectivity index (χ4v) is 3.06. The first kappa shape index (κ1) is 15.8. The fraction of sp³-hybridized carbons (Fsp3) is 0.625. The lowest BCUT2D eigenvalue weighted by Crippen LogP contribution is -2.33. The Hall–Kier alpha value is -1.62. The standard InChI is InChI=1S/C16H24N2O3/c1-16(6-4-3-5-7-16)12-17-11-13-8-14(18(19)20)10-15(9-13)21-2/h8-10,17H,3-7,11-12H2,1-2H3. The number of nitro groups is 1. The Bertz CT molecular complexity index is 496. The number of nitrogens with zero attached hydrogens (tertiary/aromatic N) is 1. The van der Waals surface area contributed by atoms with Crippen LogP contribution in [0.4, 0.5) is 5.69 Å². The lowest BCUT2D eigenvalue weighted by Gasteiger charge is -2.33. The normalized spacial score (nSPS) is 17.4. The molecule has 1 aliphatic rings. The minimum absolute atomic E-state index is 0.0787. The molecule has 1 aromatic carbocycles. The number of nitro benzene ring substituents is 1. The fourth-order valence-electron chi connectivity index (χ4n) is 3.06. The van der Waals surface area contributed by atoms with Gasteiger partial charge in [-0.25, -0.2) is 0 Å². The second-order valence-corrected chi connectivity index (χ2v) is 6.27. The lowest BCUT2D eigenvalue weighted by molar-refractivity contribution is -0.385. The molecule has 116 valence electrons. The zero-order valence-electron chi connectivity index (χ0n) is 12.9. The van der Waals surface area contributed by atoms with Crippen molar-refractivity contribution in [1.29, 1.82) is 0 Å². The largest absolute Gasteiger partial charge is 0.496 e. The number of ether oxygens (including phenoxy) is 1. The van der Waals surface area contributed by atoms with Crippen LogP contribution in [0.3, 0.4) is 0 Å². The molecule has 0 heterocycles. The molecule has 1 aromatic rings. The summed E-state index contributed by atoms with van der Waals surface area (Å²) < 4.78 is 5.13. The zero-order valence-corrected chi connectivity index (χ0v) is 12.9. The molecule has 0 saturated heterocycles. The van der Waals surface area contributed by atoms with E-state index in [1.807, 2.05) is 6.07 Å². The zero-order chi connectivity index (χ0) is 15.3. The summed E-state index contributed by atoms with van der Waals surface area (Å²) in [5, 5.41) is 14.4. The Morgan fingerprint density at radius 1 is 1.29 bits per heavy atom. The van der Waals surface area contributed by atoms with Crippen molar-refractivity contribution in [3.63, 3.8) is 0 Å². The van der Waals surface area contributed by atoms with Crippen molar-refractivity contribution in [2.45, 2.75) is 45.6 Å². The molecule has 0 aliphatic heterocycles. The van der Waals surface area contributed by atoms with Gasteiger partial charge in [0.15, 0.2) is 0 Å². The molecule has 0 unspecified atom stereocenters. The second-order valence-electron chi connectivity index (χ2n) is 6.27. The summed E-state index contributed by atoms with van der Waals surface area (Å²) in [5.41, 5.74) is 1.33. The van der Waals surface area contributed by atoms with E-state index in [0.29, 0.717) is 17.7 Å². The lowest BCUT2D eigenvalue weighted by atomic mass is 9.76. The van der Waals surface area contributed by atoms with Gasteiger partial charge in [0.05, 0.1) is 18.1 Å². The van der Waals surface area contributed by atoms with Crippen LogP contribution in [0.15, 0.2) is 18.2 Å². The molecule has 0 amide bonds. The number of hydrogen-bond donors (Lipinski definition) is 1. The minimum atomic E-state index is -0.380. The predicted molar refractivity (Wildman–Crippen MR) is 82.5 cm³/mol. The number of nitrogens with one attached hydrogen (secondary N) is 1. The van der Waals surface area contributed by atoms with E-state index in [9.17, 15) is 10.1 Å². The highest BCUT2D eigenvalue weighted by molar-refractivity contribution is 5.42. The van der Waals surface area contributed by atoms with Gasteiger partial charge in [0.2, 0.25) is 0 Å². The number of rotatable bonds is 6. The first-order valence-electron chi connectivity index (χ1n) is 7.55. The average molecular weight is 292 g/mol. The van der Waals surface area contributed by atoms with E-state index >= 15 is 0 Å². The van der Waals surface area contributed by atoms with Crippen molar-refractivity contribution in [2.75, 3.05) is 13.7 Å².